The molecule has 138 valence electrons. The molecule has 2 heterocycles. The molecule has 0 spiro atoms. The van der Waals surface area contributed by atoms with E-state index in [9.17, 15) is 0 Å². The van der Waals surface area contributed by atoms with Gasteiger partial charge in [0.25, 0.3) is 0 Å². The molecule has 0 saturated carbocycles. The van der Waals surface area contributed by atoms with Gasteiger partial charge in [-0.15, -0.1) is 0 Å². The molecular formula is C22H26O4. The van der Waals surface area contributed by atoms with Crippen LogP contribution in [-0.2, 0) is 0 Å². The van der Waals surface area contributed by atoms with Crippen molar-refractivity contribution in [3.8, 4) is 23.0 Å². The highest BCUT2D eigenvalue weighted by molar-refractivity contribution is 5.48. The zero-order chi connectivity index (χ0) is 17.9. The van der Waals surface area contributed by atoms with Gasteiger partial charge in [-0.2, -0.15) is 0 Å². The number of hydrogen-bond acceptors (Lipinski definition) is 4. The summed E-state index contributed by atoms with van der Waals surface area (Å²) in [4.78, 5) is 0. The molecule has 4 heteroatoms. The molecule has 0 aliphatic carbocycles. The van der Waals surface area contributed by atoms with Crippen LogP contribution in [0.25, 0.3) is 0 Å². The second-order valence-corrected chi connectivity index (χ2v) is 7.00. The van der Waals surface area contributed by atoms with Crippen LogP contribution < -0.4 is 18.9 Å². The molecule has 2 aromatic carbocycles. The third kappa shape index (κ3) is 3.20. The summed E-state index contributed by atoms with van der Waals surface area (Å²) < 4.78 is 22.9. The second kappa shape index (κ2) is 7.48. The first-order valence-electron chi connectivity index (χ1n) is 9.41. The molecule has 0 aromatic heterocycles. The maximum atomic E-state index is 6.04. The van der Waals surface area contributed by atoms with Gasteiger partial charge in [0, 0.05) is 12.1 Å². The van der Waals surface area contributed by atoms with Gasteiger partial charge in [-0.1, -0.05) is 12.1 Å². The average Bonchev–Trinajstić information content (AvgIpc) is 3.02. The standard InChI is InChI=1S/C22H26O4/c1-23-15-7-9-19-17(5-3-11-25-21(19)13-15)18-6-4-12-26-22-14-16(24-2)8-10-20(18)22/h7-10,13-14,17-18H,3-6,11-12H2,1-2H3. The van der Waals surface area contributed by atoms with Crippen LogP contribution in [0.15, 0.2) is 36.4 Å². The number of methoxy groups -OCH3 is 2. The van der Waals surface area contributed by atoms with Gasteiger partial charge >= 0.3 is 0 Å². The van der Waals surface area contributed by atoms with Crippen molar-refractivity contribution in [3.05, 3.63) is 47.5 Å². The van der Waals surface area contributed by atoms with Crippen LogP contribution in [-0.4, -0.2) is 27.4 Å². The summed E-state index contributed by atoms with van der Waals surface area (Å²) >= 11 is 0. The Kier molecular flexibility index (Phi) is 4.91. The first-order valence-corrected chi connectivity index (χ1v) is 9.41. The monoisotopic (exact) mass is 354 g/mol. The smallest absolute Gasteiger partial charge is 0.126 e. The predicted octanol–water partition coefficient (Wildman–Crippen LogP) is 4.92. The van der Waals surface area contributed by atoms with Crippen LogP contribution in [0.1, 0.15) is 48.6 Å². The zero-order valence-corrected chi connectivity index (χ0v) is 15.5. The van der Waals surface area contributed by atoms with E-state index in [0.29, 0.717) is 11.8 Å². The van der Waals surface area contributed by atoms with Crippen molar-refractivity contribution in [2.24, 2.45) is 0 Å². The molecule has 2 unspecified atom stereocenters. The second-order valence-electron chi connectivity index (χ2n) is 7.00. The van der Waals surface area contributed by atoms with Crippen molar-refractivity contribution < 1.29 is 18.9 Å². The highest BCUT2D eigenvalue weighted by Gasteiger charge is 2.32. The molecule has 0 radical (unpaired) electrons. The summed E-state index contributed by atoms with van der Waals surface area (Å²) in [6, 6.07) is 12.5. The van der Waals surface area contributed by atoms with Gasteiger partial charge in [-0.05, 0) is 60.8 Å². The van der Waals surface area contributed by atoms with Gasteiger partial charge in [0.1, 0.15) is 23.0 Å². The van der Waals surface area contributed by atoms with Gasteiger partial charge in [0.15, 0.2) is 0 Å². The Morgan fingerprint density at radius 2 is 1.19 bits per heavy atom. The number of ether oxygens (including phenoxy) is 4. The number of benzene rings is 2. The molecule has 2 aliphatic heterocycles. The quantitative estimate of drug-likeness (QED) is 0.784. The van der Waals surface area contributed by atoms with Crippen LogP contribution in [0.3, 0.4) is 0 Å². The van der Waals surface area contributed by atoms with E-state index >= 15 is 0 Å². The highest BCUT2D eigenvalue weighted by Crippen LogP contribution is 2.48. The first kappa shape index (κ1) is 17.1. The number of hydrogen-bond donors (Lipinski definition) is 0. The van der Waals surface area contributed by atoms with E-state index in [1.165, 1.54) is 11.1 Å². The van der Waals surface area contributed by atoms with Crippen LogP contribution in [0.4, 0.5) is 0 Å². The summed E-state index contributed by atoms with van der Waals surface area (Å²) in [7, 11) is 3.39. The fourth-order valence-electron chi connectivity index (χ4n) is 4.26. The summed E-state index contributed by atoms with van der Waals surface area (Å²) in [6.07, 6.45) is 4.36. The lowest BCUT2D eigenvalue weighted by Gasteiger charge is -2.27. The Morgan fingerprint density at radius 3 is 1.62 bits per heavy atom. The first-order chi connectivity index (χ1) is 12.8. The topological polar surface area (TPSA) is 36.9 Å². The lowest BCUT2D eigenvalue weighted by molar-refractivity contribution is 0.310. The van der Waals surface area contributed by atoms with Crippen molar-refractivity contribution in [2.75, 3.05) is 27.4 Å². The molecule has 0 bridgehead atoms. The Labute approximate surface area is 155 Å². The molecule has 0 saturated heterocycles. The summed E-state index contributed by atoms with van der Waals surface area (Å²) in [6.45, 7) is 1.52. The van der Waals surface area contributed by atoms with Crippen molar-refractivity contribution in [3.63, 3.8) is 0 Å². The van der Waals surface area contributed by atoms with Crippen LogP contribution >= 0.6 is 0 Å². The Bertz CT molecular complexity index is 705. The fourth-order valence-corrected chi connectivity index (χ4v) is 4.26. The molecular weight excluding hydrogens is 328 g/mol. The van der Waals surface area contributed by atoms with Gasteiger partial charge in [-0.3, -0.25) is 0 Å². The largest absolute Gasteiger partial charge is 0.497 e. The van der Waals surface area contributed by atoms with E-state index in [-0.39, 0.29) is 0 Å². The lowest BCUT2D eigenvalue weighted by atomic mass is 9.76. The van der Waals surface area contributed by atoms with Crippen LogP contribution in [0.5, 0.6) is 23.0 Å². The lowest BCUT2D eigenvalue weighted by Crippen LogP contribution is -2.11. The van der Waals surface area contributed by atoms with Crippen LogP contribution in [0, 0.1) is 0 Å². The minimum Gasteiger partial charge on any atom is -0.497 e. The Hall–Kier alpha value is -2.36. The van der Waals surface area contributed by atoms with Crippen molar-refractivity contribution in [1.82, 2.24) is 0 Å². The average molecular weight is 354 g/mol. The van der Waals surface area contributed by atoms with E-state index in [2.05, 4.69) is 12.1 Å². The van der Waals surface area contributed by atoms with Gasteiger partial charge in [0.2, 0.25) is 0 Å². The van der Waals surface area contributed by atoms with Crippen LogP contribution in [0.2, 0.25) is 0 Å². The summed E-state index contributed by atoms with van der Waals surface area (Å²) in [5.74, 6) is 4.47. The Morgan fingerprint density at radius 1 is 0.731 bits per heavy atom. The fraction of sp³-hybridized carbons (Fsp3) is 0.455. The van der Waals surface area contributed by atoms with E-state index < -0.39 is 0 Å². The van der Waals surface area contributed by atoms with E-state index in [0.717, 1.165) is 61.9 Å². The van der Waals surface area contributed by atoms with Gasteiger partial charge in [-0.25, -0.2) is 0 Å². The summed E-state index contributed by atoms with van der Waals surface area (Å²) in [5.41, 5.74) is 2.58. The molecule has 0 fully saturated rings. The minimum absolute atomic E-state index is 0.423. The predicted molar refractivity (Wildman–Crippen MR) is 101 cm³/mol. The zero-order valence-electron chi connectivity index (χ0n) is 15.5. The van der Waals surface area contributed by atoms with Gasteiger partial charge < -0.3 is 18.9 Å². The molecule has 26 heavy (non-hydrogen) atoms. The number of rotatable bonds is 3. The molecule has 2 aromatic rings. The maximum absolute atomic E-state index is 6.04. The normalized spacial score (nSPS) is 21.9. The number of fused-ring (bicyclic) bond motifs is 2. The molecule has 2 atom stereocenters. The minimum atomic E-state index is 0.423. The SMILES string of the molecule is COc1ccc2c(c1)OCCCC2C1CCCOc2cc(OC)ccc21. The highest BCUT2D eigenvalue weighted by atomic mass is 16.5. The van der Waals surface area contributed by atoms with Crippen molar-refractivity contribution in [2.45, 2.75) is 37.5 Å². The summed E-state index contributed by atoms with van der Waals surface area (Å²) in [5, 5.41) is 0. The Balaban J connectivity index is 1.75. The molecule has 2 aliphatic rings. The molecule has 0 amide bonds. The van der Waals surface area contributed by atoms with E-state index in [1.807, 2.05) is 24.3 Å². The third-order valence-corrected chi connectivity index (χ3v) is 5.56. The van der Waals surface area contributed by atoms with E-state index in [4.69, 9.17) is 18.9 Å². The van der Waals surface area contributed by atoms with Crippen molar-refractivity contribution >= 4 is 0 Å². The third-order valence-electron chi connectivity index (χ3n) is 5.56. The maximum Gasteiger partial charge on any atom is 0.126 e. The molecule has 4 rings (SSSR count). The van der Waals surface area contributed by atoms with Crippen molar-refractivity contribution in [1.29, 1.82) is 0 Å². The molecule has 4 nitrogen and oxygen atoms in total. The molecule has 0 N–H and O–H groups in total. The van der Waals surface area contributed by atoms with Gasteiger partial charge in [0.05, 0.1) is 27.4 Å². The van der Waals surface area contributed by atoms with E-state index in [1.54, 1.807) is 14.2 Å².